The molecule has 2 rings (SSSR count). The molecule has 0 saturated carbocycles. The second-order valence-electron chi connectivity index (χ2n) is 3.04. The fraction of sp³-hybridized carbons (Fsp3) is 0.222. The lowest BCUT2D eigenvalue weighted by molar-refractivity contribution is 0.701. The lowest BCUT2D eigenvalue weighted by Crippen LogP contribution is -2.10. The van der Waals surface area contributed by atoms with Crippen LogP contribution in [-0.2, 0) is 13.1 Å². The Hall–Kier alpha value is -0.170. The molecule has 6 heteroatoms. The molecule has 0 fully saturated rings. The second kappa shape index (κ2) is 5.25. The molecule has 0 bridgehead atoms. The Kier molecular flexibility index (Phi) is 3.96. The van der Waals surface area contributed by atoms with Crippen molar-refractivity contribution < 1.29 is 0 Å². The van der Waals surface area contributed by atoms with E-state index in [0.717, 1.165) is 21.3 Å². The maximum Gasteiger partial charge on any atom is 0.0843 e. The third kappa shape index (κ3) is 3.14. The Balaban J connectivity index is 1.83. The van der Waals surface area contributed by atoms with Gasteiger partial charge in [-0.25, -0.2) is 0 Å². The average molecular weight is 351 g/mol. The summed E-state index contributed by atoms with van der Waals surface area (Å²) < 4.78 is 2.26. The summed E-state index contributed by atoms with van der Waals surface area (Å²) in [4.78, 5) is 1.30. The Morgan fingerprint density at radius 1 is 1.40 bits per heavy atom. The first-order chi connectivity index (χ1) is 7.25. The molecule has 80 valence electrons. The van der Waals surface area contributed by atoms with Gasteiger partial charge in [0.25, 0.3) is 0 Å². The number of H-pyrrole nitrogens is 1. The maximum atomic E-state index is 3.89. The number of rotatable bonds is 4. The van der Waals surface area contributed by atoms with Crippen molar-refractivity contribution in [3.05, 3.63) is 37.2 Å². The van der Waals surface area contributed by atoms with E-state index in [1.165, 1.54) is 10.4 Å². The molecule has 0 aromatic carbocycles. The van der Waals surface area contributed by atoms with Crippen LogP contribution in [0.2, 0.25) is 0 Å². The molecule has 0 aliphatic heterocycles. The first kappa shape index (κ1) is 11.3. The van der Waals surface area contributed by atoms with Crippen LogP contribution in [0, 0.1) is 0 Å². The van der Waals surface area contributed by atoms with Crippen LogP contribution in [0.3, 0.4) is 0 Å². The summed E-state index contributed by atoms with van der Waals surface area (Å²) >= 11 is 8.68. The highest BCUT2D eigenvalue weighted by molar-refractivity contribution is 9.13. The van der Waals surface area contributed by atoms with E-state index in [-0.39, 0.29) is 0 Å². The molecule has 2 aromatic heterocycles. The molecule has 0 atom stereocenters. The van der Waals surface area contributed by atoms with Crippen LogP contribution in [-0.4, -0.2) is 10.2 Å². The van der Waals surface area contributed by atoms with Gasteiger partial charge in [-0.15, -0.1) is 11.3 Å². The van der Waals surface area contributed by atoms with Gasteiger partial charge in [0.15, 0.2) is 0 Å². The summed E-state index contributed by atoms with van der Waals surface area (Å²) in [5, 5.41) is 10.0. The van der Waals surface area contributed by atoms with E-state index in [9.17, 15) is 0 Å². The maximum absolute atomic E-state index is 3.89. The predicted molar refractivity (Wildman–Crippen MR) is 68.9 cm³/mol. The largest absolute Gasteiger partial charge is 0.308 e. The quantitative estimate of drug-likeness (QED) is 0.888. The molecule has 3 nitrogen and oxygen atoms in total. The van der Waals surface area contributed by atoms with E-state index < -0.39 is 0 Å². The van der Waals surface area contributed by atoms with Crippen molar-refractivity contribution >= 4 is 43.2 Å². The number of halogens is 2. The van der Waals surface area contributed by atoms with Crippen LogP contribution in [0.1, 0.15) is 10.4 Å². The number of nitrogens with zero attached hydrogens (tertiary/aromatic N) is 1. The van der Waals surface area contributed by atoms with Crippen molar-refractivity contribution in [2.45, 2.75) is 13.1 Å². The molecule has 0 saturated heterocycles. The van der Waals surface area contributed by atoms with Crippen molar-refractivity contribution in [3.63, 3.8) is 0 Å². The summed E-state index contributed by atoms with van der Waals surface area (Å²) in [5.41, 5.74) is 1.17. The summed E-state index contributed by atoms with van der Waals surface area (Å²) in [6, 6.07) is 2.12. The first-order valence-electron chi connectivity index (χ1n) is 4.38. The van der Waals surface area contributed by atoms with Crippen molar-refractivity contribution in [1.82, 2.24) is 15.5 Å². The molecule has 2 aromatic rings. The zero-order valence-electron chi connectivity index (χ0n) is 7.76. The average Bonchev–Trinajstić information content (AvgIpc) is 2.79. The number of nitrogens with one attached hydrogen (secondary N) is 2. The van der Waals surface area contributed by atoms with E-state index in [0.29, 0.717) is 0 Å². The molecule has 0 radical (unpaired) electrons. The number of aromatic nitrogens is 2. The first-order valence-corrected chi connectivity index (χ1v) is 6.78. The zero-order chi connectivity index (χ0) is 10.7. The van der Waals surface area contributed by atoms with Gasteiger partial charge >= 0.3 is 0 Å². The van der Waals surface area contributed by atoms with Gasteiger partial charge in [-0.1, -0.05) is 0 Å². The van der Waals surface area contributed by atoms with E-state index in [1.54, 1.807) is 11.3 Å². The highest BCUT2D eigenvalue weighted by atomic mass is 79.9. The minimum atomic E-state index is 0.837. The van der Waals surface area contributed by atoms with Crippen LogP contribution < -0.4 is 5.32 Å². The number of hydrogen-bond donors (Lipinski definition) is 2. The highest BCUT2D eigenvalue weighted by Crippen LogP contribution is 2.32. The van der Waals surface area contributed by atoms with Crippen LogP contribution in [0.15, 0.2) is 26.7 Å². The number of thiophene rings is 1. The molecule has 0 amide bonds. The third-order valence-electron chi connectivity index (χ3n) is 1.88. The smallest absolute Gasteiger partial charge is 0.0843 e. The molecular formula is C9H9Br2N3S. The van der Waals surface area contributed by atoms with Gasteiger partial charge < -0.3 is 5.32 Å². The van der Waals surface area contributed by atoms with Gasteiger partial charge in [0.05, 0.1) is 9.98 Å². The molecule has 0 aliphatic carbocycles. The lowest BCUT2D eigenvalue weighted by Gasteiger charge is -1.99. The lowest BCUT2D eigenvalue weighted by atomic mass is 10.3. The summed E-state index contributed by atoms with van der Waals surface area (Å²) in [7, 11) is 0. The van der Waals surface area contributed by atoms with Crippen molar-refractivity contribution in [3.8, 4) is 0 Å². The Morgan fingerprint density at radius 2 is 2.27 bits per heavy atom. The minimum absolute atomic E-state index is 0.837. The number of hydrogen-bond acceptors (Lipinski definition) is 3. The topological polar surface area (TPSA) is 40.7 Å². The normalized spacial score (nSPS) is 10.8. The molecule has 2 heterocycles. The number of aromatic amines is 1. The van der Waals surface area contributed by atoms with Crippen molar-refractivity contribution in [1.29, 1.82) is 0 Å². The van der Waals surface area contributed by atoms with Gasteiger partial charge in [-0.05, 0) is 37.9 Å². The van der Waals surface area contributed by atoms with E-state index in [4.69, 9.17) is 0 Å². The van der Waals surface area contributed by atoms with E-state index >= 15 is 0 Å². The Morgan fingerprint density at radius 3 is 2.87 bits per heavy atom. The van der Waals surface area contributed by atoms with Crippen LogP contribution in [0.4, 0.5) is 0 Å². The van der Waals surface area contributed by atoms with E-state index in [1.807, 2.05) is 12.4 Å². The van der Waals surface area contributed by atoms with Crippen LogP contribution >= 0.6 is 43.2 Å². The van der Waals surface area contributed by atoms with Gasteiger partial charge in [0.1, 0.15) is 0 Å². The van der Waals surface area contributed by atoms with Gasteiger partial charge in [-0.2, -0.15) is 5.10 Å². The van der Waals surface area contributed by atoms with Gasteiger partial charge in [-0.3, -0.25) is 5.10 Å². The van der Waals surface area contributed by atoms with Gasteiger partial charge in [0.2, 0.25) is 0 Å². The van der Waals surface area contributed by atoms with Crippen LogP contribution in [0.25, 0.3) is 0 Å². The molecule has 15 heavy (non-hydrogen) atoms. The van der Waals surface area contributed by atoms with Gasteiger partial charge in [0, 0.05) is 34.2 Å². The molecular weight excluding hydrogens is 342 g/mol. The second-order valence-corrected chi connectivity index (χ2v) is 6.35. The van der Waals surface area contributed by atoms with Crippen LogP contribution in [0.5, 0.6) is 0 Å². The van der Waals surface area contributed by atoms with Crippen molar-refractivity contribution in [2.75, 3.05) is 0 Å². The summed E-state index contributed by atoms with van der Waals surface area (Å²) in [6.07, 6.45) is 3.72. The minimum Gasteiger partial charge on any atom is -0.308 e. The third-order valence-corrected chi connectivity index (χ3v) is 5.14. The molecule has 0 aliphatic rings. The molecule has 0 unspecified atom stereocenters. The van der Waals surface area contributed by atoms with E-state index in [2.05, 4.69) is 53.4 Å². The zero-order valence-corrected chi connectivity index (χ0v) is 11.7. The fourth-order valence-corrected chi connectivity index (χ4v) is 3.33. The standard InChI is InChI=1S/C9H9Br2N3S/c10-8-1-7(15-9(8)11)5-12-2-6-3-13-14-4-6/h1,3-4,12H,2,5H2,(H,13,14). The molecule has 2 N–H and O–H groups in total. The fourth-order valence-electron chi connectivity index (χ4n) is 1.18. The monoisotopic (exact) mass is 349 g/mol. The predicted octanol–water partition coefficient (Wildman–Crippen LogP) is 3.29. The Bertz CT molecular complexity index is 405. The summed E-state index contributed by atoms with van der Waals surface area (Å²) in [6.45, 7) is 1.71. The van der Waals surface area contributed by atoms with Crippen molar-refractivity contribution in [2.24, 2.45) is 0 Å². The Labute approximate surface area is 109 Å². The SMILES string of the molecule is Brc1cc(CNCc2cn[nH]c2)sc1Br. The highest BCUT2D eigenvalue weighted by Gasteiger charge is 2.03. The summed E-state index contributed by atoms with van der Waals surface area (Å²) in [5.74, 6) is 0. The molecule has 0 spiro atoms.